The molecular formula is C13H16N4OS. The minimum atomic E-state index is -0.000544. The molecule has 0 spiro atoms. The summed E-state index contributed by atoms with van der Waals surface area (Å²) < 4.78 is 2.11. The van der Waals surface area contributed by atoms with Crippen LogP contribution in [0, 0.1) is 19.8 Å². The van der Waals surface area contributed by atoms with E-state index in [1.807, 2.05) is 20.0 Å². The van der Waals surface area contributed by atoms with Gasteiger partial charge in [0.25, 0.3) is 0 Å². The summed E-state index contributed by atoms with van der Waals surface area (Å²) in [5.41, 5.74) is 0.986. The number of hydrogen-bond acceptors (Lipinski definition) is 4. The van der Waals surface area contributed by atoms with Crippen molar-refractivity contribution in [2.75, 3.05) is 5.32 Å². The predicted octanol–water partition coefficient (Wildman–Crippen LogP) is 2.16. The molecule has 0 aromatic carbocycles. The molecule has 19 heavy (non-hydrogen) atoms. The number of anilines is 1. The van der Waals surface area contributed by atoms with Gasteiger partial charge in [-0.1, -0.05) is 0 Å². The summed E-state index contributed by atoms with van der Waals surface area (Å²) >= 11 is 1.53. The van der Waals surface area contributed by atoms with E-state index >= 15 is 0 Å². The van der Waals surface area contributed by atoms with Crippen LogP contribution in [0.1, 0.15) is 22.8 Å². The Morgan fingerprint density at radius 2 is 2.37 bits per heavy atom. The number of amides is 1. The van der Waals surface area contributed by atoms with Crippen molar-refractivity contribution in [1.29, 1.82) is 0 Å². The van der Waals surface area contributed by atoms with E-state index in [0.717, 1.165) is 29.4 Å². The Morgan fingerprint density at radius 1 is 1.53 bits per heavy atom. The molecule has 3 heterocycles. The molecule has 0 bridgehead atoms. The van der Waals surface area contributed by atoms with Gasteiger partial charge in [-0.05, 0) is 20.3 Å². The fourth-order valence-electron chi connectivity index (χ4n) is 2.31. The van der Waals surface area contributed by atoms with Crippen LogP contribution in [0.3, 0.4) is 0 Å². The second-order valence-electron chi connectivity index (χ2n) is 4.88. The van der Waals surface area contributed by atoms with E-state index in [-0.39, 0.29) is 11.8 Å². The molecule has 6 heteroatoms. The Morgan fingerprint density at radius 3 is 3.11 bits per heavy atom. The van der Waals surface area contributed by atoms with E-state index in [1.165, 1.54) is 11.3 Å². The van der Waals surface area contributed by atoms with Gasteiger partial charge in [0, 0.05) is 36.2 Å². The highest BCUT2D eigenvalue weighted by Gasteiger charge is 2.25. The first-order valence-electron chi connectivity index (χ1n) is 6.38. The van der Waals surface area contributed by atoms with Crippen molar-refractivity contribution in [3.05, 3.63) is 28.8 Å². The summed E-state index contributed by atoms with van der Waals surface area (Å²) in [6.45, 7) is 4.84. The number of thiazole rings is 1. The molecule has 1 unspecified atom stereocenters. The van der Waals surface area contributed by atoms with Crippen LogP contribution in [0.2, 0.25) is 0 Å². The van der Waals surface area contributed by atoms with Crippen molar-refractivity contribution in [3.63, 3.8) is 0 Å². The second-order valence-corrected chi connectivity index (χ2v) is 6.08. The number of imidazole rings is 1. The maximum atomic E-state index is 12.2. The third kappa shape index (κ3) is 2.40. The number of nitrogens with one attached hydrogen (secondary N) is 1. The highest BCUT2D eigenvalue weighted by molar-refractivity contribution is 7.15. The van der Waals surface area contributed by atoms with Gasteiger partial charge in [-0.2, -0.15) is 0 Å². The zero-order chi connectivity index (χ0) is 13.4. The van der Waals surface area contributed by atoms with Crippen LogP contribution in [0.25, 0.3) is 0 Å². The van der Waals surface area contributed by atoms with Crippen LogP contribution < -0.4 is 5.32 Å². The molecule has 2 aromatic rings. The Labute approximate surface area is 115 Å². The largest absolute Gasteiger partial charge is 0.335 e. The third-order valence-electron chi connectivity index (χ3n) is 3.58. The lowest BCUT2D eigenvalue weighted by molar-refractivity contribution is -0.120. The third-order valence-corrected chi connectivity index (χ3v) is 4.57. The average molecular weight is 276 g/mol. The van der Waals surface area contributed by atoms with Crippen molar-refractivity contribution >= 4 is 22.4 Å². The van der Waals surface area contributed by atoms with Crippen molar-refractivity contribution in [3.8, 4) is 0 Å². The molecule has 1 aliphatic heterocycles. The molecule has 0 saturated heterocycles. The zero-order valence-electron chi connectivity index (χ0n) is 11.0. The maximum Gasteiger partial charge on any atom is 0.229 e. The number of carbonyl (C=O) groups is 1. The van der Waals surface area contributed by atoms with Gasteiger partial charge in [0.15, 0.2) is 5.13 Å². The van der Waals surface area contributed by atoms with E-state index in [4.69, 9.17) is 0 Å². The minimum Gasteiger partial charge on any atom is -0.335 e. The van der Waals surface area contributed by atoms with Crippen LogP contribution in [0.15, 0.2) is 12.4 Å². The molecule has 0 aliphatic carbocycles. The van der Waals surface area contributed by atoms with E-state index in [1.54, 1.807) is 6.20 Å². The lowest BCUT2D eigenvalue weighted by Gasteiger charge is -2.21. The van der Waals surface area contributed by atoms with Gasteiger partial charge in [-0.3, -0.25) is 4.79 Å². The monoisotopic (exact) mass is 276 g/mol. The topological polar surface area (TPSA) is 59.8 Å². The molecule has 0 radical (unpaired) electrons. The number of aromatic nitrogens is 3. The van der Waals surface area contributed by atoms with Crippen LogP contribution in [0.5, 0.6) is 0 Å². The molecular weight excluding hydrogens is 260 g/mol. The number of carbonyl (C=O) groups excluding carboxylic acids is 1. The van der Waals surface area contributed by atoms with Crippen LogP contribution in [-0.4, -0.2) is 20.4 Å². The Bertz CT molecular complexity index is 596. The quantitative estimate of drug-likeness (QED) is 0.914. The van der Waals surface area contributed by atoms with Crippen molar-refractivity contribution in [2.45, 2.75) is 33.2 Å². The standard InChI is InChI=1S/C13H16N4OS/c1-8-9(2)19-13(15-8)16-12(18)10-3-5-17-6-4-14-11(17)7-10/h4,6,10H,3,5,7H2,1-2H3,(H,15,16,18). The lowest BCUT2D eigenvalue weighted by atomic mass is 9.97. The van der Waals surface area contributed by atoms with E-state index < -0.39 is 0 Å². The van der Waals surface area contributed by atoms with Gasteiger partial charge in [0.05, 0.1) is 5.69 Å². The fourth-order valence-corrected chi connectivity index (χ4v) is 3.13. The number of fused-ring (bicyclic) bond motifs is 1. The predicted molar refractivity (Wildman–Crippen MR) is 74.3 cm³/mol. The number of aryl methyl sites for hydroxylation is 3. The lowest BCUT2D eigenvalue weighted by Crippen LogP contribution is -2.30. The fraction of sp³-hybridized carbons (Fsp3) is 0.462. The average Bonchev–Trinajstić information content (AvgIpc) is 2.96. The summed E-state index contributed by atoms with van der Waals surface area (Å²) in [6.07, 6.45) is 5.33. The first-order valence-corrected chi connectivity index (χ1v) is 7.20. The summed E-state index contributed by atoms with van der Waals surface area (Å²) in [7, 11) is 0. The number of hydrogen-bond donors (Lipinski definition) is 1. The van der Waals surface area contributed by atoms with E-state index in [0.29, 0.717) is 11.6 Å². The minimum absolute atomic E-state index is 0.000544. The Balaban J connectivity index is 1.68. The van der Waals surface area contributed by atoms with Crippen molar-refractivity contribution in [2.24, 2.45) is 5.92 Å². The molecule has 100 valence electrons. The first kappa shape index (κ1) is 12.3. The summed E-state index contributed by atoms with van der Waals surface area (Å²) in [4.78, 5) is 22.0. The van der Waals surface area contributed by atoms with Crippen LogP contribution >= 0.6 is 11.3 Å². The van der Waals surface area contributed by atoms with Gasteiger partial charge >= 0.3 is 0 Å². The van der Waals surface area contributed by atoms with Gasteiger partial charge in [-0.15, -0.1) is 11.3 Å². The highest BCUT2D eigenvalue weighted by Crippen LogP contribution is 2.24. The second kappa shape index (κ2) is 4.77. The molecule has 1 amide bonds. The number of rotatable bonds is 2. The molecule has 0 fully saturated rings. The van der Waals surface area contributed by atoms with E-state index in [9.17, 15) is 4.79 Å². The molecule has 1 N–H and O–H groups in total. The normalized spacial score (nSPS) is 18.1. The highest BCUT2D eigenvalue weighted by atomic mass is 32.1. The molecule has 3 rings (SSSR count). The molecule has 0 saturated carbocycles. The van der Waals surface area contributed by atoms with Gasteiger partial charge in [0.2, 0.25) is 5.91 Å². The Kier molecular flexibility index (Phi) is 3.10. The maximum absolute atomic E-state index is 12.2. The van der Waals surface area contributed by atoms with Crippen molar-refractivity contribution in [1.82, 2.24) is 14.5 Å². The zero-order valence-corrected chi connectivity index (χ0v) is 11.8. The summed E-state index contributed by atoms with van der Waals surface area (Å²) in [5, 5.41) is 3.63. The smallest absolute Gasteiger partial charge is 0.229 e. The number of nitrogens with zero attached hydrogens (tertiary/aromatic N) is 3. The summed E-state index contributed by atoms with van der Waals surface area (Å²) in [5.74, 6) is 1.06. The summed E-state index contributed by atoms with van der Waals surface area (Å²) in [6, 6.07) is 0. The Hall–Kier alpha value is -1.69. The SMILES string of the molecule is Cc1nc(NC(=O)C2CCn3ccnc3C2)sc1C. The van der Waals surface area contributed by atoms with E-state index in [2.05, 4.69) is 19.9 Å². The van der Waals surface area contributed by atoms with Crippen molar-refractivity contribution < 1.29 is 4.79 Å². The molecule has 2 aromatic heterocycles. The van der Waals surface area contributed by atoms with Gasteiger partial charge in [-0.25, -0.2) is 9.97 Å². The molecule has 1 atom stereocenters. The molecule has 5 nitrogen and oxygen atoms in total. The van der Waals surface area contributed by atoms with Crippen LogP contribution in [-0.2, 0) is 17.8 Å². The first-order chi connectivity index (χ1) is 9.13. The van der Waals surface area contributed by atoms with Gasteiger partial charge in [0.1, 0.15) is 5.82 Å². The van der Waals surface area contributed by atoms with Crippen LogP contribution in [0.4, 0.5) is 5.13 Å². The molecule has 1 aliphatic rings. The van der Waals surface area contributed by atoms with Gasteiger partial charge < -0.3 is 9.88 Å².